The van der Waals surface area contributed by atoms with Crippen molar-refractivity contribution >= 4 is 17.5 Å². The molecule has 3 aromatic rings. The lowest BCUT2D eigenvalue weighted by molar-refractivity contribution is 0.0905. The van der Waals surface area contributed by atoms with E-state index in [9.17, 15) is 4.79 Å². The first-order chi connectivity index (χ1) is 15.2. The summed E-state index contributed by atoms with van der Waals surface area (Å²) in [6.07, 6.45) is 1.87. The van der Waals surface area contributed by atoms with Crippen molar-refractivity contribution in [2.24, 2.45) is 0 Å². The molecule has 1 fully saturated rings. The fourth-order valence-corrected chi connectivity index (χ4v) is 4.12. The van der Waals surface area contributed by atoms with Gasteiger partial charge in [0.05, 0.1) is 0 Å². The third kappa shape index (κ3) is 5.87. The number of carbonyl (C=O) groups excluding carboxylic acids is 1. The van der Waals surface area contributed by atoms with Gasteiger partial charge in [-0.05, 0) is 42.7 Å². The van der Waals surface area contributed by atoms with Gasteiger partial charge in [-0.2, -0.15) is 0 Å². The van der Waals surface area contributed by atoms with Crippen LogP contribution in [0.1, 0.15) is 23.2 Å². The zero-order chi connectivity index (χ0) is 21.5. The SMILES string of the molecule is O=C(NC1CCN(CCOc2ccccc2-c2ccccc2)CC1)c1cccc(Cl)c1. The van der Waals surface area contributed by atoms with Gasteiger partial charge >= 0.3 is 0 Å². The molecule has 0 aromatic heterocycles. The summed E-state index contributed by atoms with van der Waals surface area (Å²) in [6.45, 7) is 3.41. The molecule has 0 atom stereocenters. The minimum Gasteiger partial charge on any atom is -0.492 e. The Morgan fingerprint density at radius 3 is 2.48 bits per heavy atom. The van der Waals surface area contributed by atoms with Gasteiger partial charge < -0.3 is 10.1 Å². The number of hydrogen-bond donors (Lipinski definition) is 1. The highest BCUT2D eigenvalue weighted by atomic mass is 35.5. The number of benzene rings is 3. The van der Waals surface area contributed by atoms with Crippen LogP contribution in [0.15, 0.2) is 78.9 Å². The number of amides is 1. The van der Waals surface area contributed by atoms with Gasteiger partial charge in [0, 0.05) is 41.8 Å². The molecule has 0 unspecified atom stereocenters. The molecule has 1 amide bonds. The third-order valence-electron chi connectivity index (χ3n) is 5.65. The number of piperidine rings is 1. The lowest BCUT2D eigenvalue weighted by Gasteiger charge is -2.32. The Labute approximate surface area is 188 Å². The van der Waals surface area contributed by atoms with Gasteiger partial charge in [-0.3, -0.25) is 9.69 Å². The van der Waals surface area contributed by atoms with E-state index in [1.807, 2.05) is 36.4 Å². The number of carbonyl (C=O) groups is 1. The fourth-order valence-electron chi connectivity index (χ4n) is 3.93. The summed E-state index contributed by atoms with van der Waals surface area (Å²) in [5.41, 5.74) is 2.89. The molecule has 0 radical (unpaired) electrons. The summed E-state index contributed by atoms with van der Waals surface area (Å²) in [5.74, 6) is 0.860. The van der Waals surface area contributed by atoms with Crippen molar-refractivity contribution in [1.29, 1.82) is 0 Å². The maximum atomic E-state index is 12.4. The molecule has 1 aliphatic rings. The van der Waals surface area contributed by atoms with Crippen LogP contribution in [-0.4, -0.2) is 43.1 Å². The van der Waals surface area contributed by atoms with Gasteiger partial charge in [0.2, 0.25) is 0 Å². The predicted octanol–water partition coefficient (Wildman–Crippen LogP) is 5.28. The molecule has 1 N–H and O–H groups in total. The number of hydrogen-bond acceptors (Lipinski definition) is 3. The number of rotatable bonds is 7. The second-order valence-electron chi connectivity index (χ2n) is 7.81. The molecule has 0 spiro atoms. The van der Waals surface area contributed by atoms with E-state index in [4.69, 9.17) is 16.3 Å². The maximum Gasteiger partial charge on any atom is 0.251 e. The van der Waals surface area contributed by atoms with Crippen LogP contribution in [0.3, 0.4) is 0 Å². The molecule has 1 aliphatic heterocycles. The molecule has 4 nitrogen and oxygen atoms in total. The number of para-hydroxylation sites is 1. The molecule has 5 heteroatoms. The Kier molecular flexibility index (Phi) is 7.23. The van der Waals surface area contributed by atoms with Crippen LogP contribution in [-0.2, 0) is 0 Å². The van der Waals surface area contributed by atoms with Crippen LogP contribution >= 0.6 is 11.6 Å². The van der Waals surface area contributed by atoms with Crippen molar-refractivity contribution < 1.29 is 9.53 Å². The summed E-state index contributed by atoms with van der Waals surface area (Å²) in [6, 6.07) is 25.8. The minimum atomic E-state index is -0.0539. The normalized spacial score (nSPS) is 14.9. The van der Waals surface area contributed by atoms with Crippen LogP contribution in [0.5, 0.6) is 5.75 Å². The quantitative estimate of drug-likeness (QED) is 0.550. The highest BCUT2D eigenvalue weighted by molar-refractivity contribution is 6.30. The Balaban J connectivity index is 1.23. The van der Waals surface area contributed by atoms with Crippen LogP contribution in [0.25, 0.3) is 11.1 Å². The minimum absolute atomic E-state index is 0.0539. The Bertz CT molecular complexity index is 1000. The van der Waals surface area contributed by atoms with E-state index in [-0.39, 0.29) is 11.9 Å². The first-order valence-electron chi connectivity index (χ1n) is 10.7. The zero-order valence-corrected chi connectivity index (χ0v) is 18.2. The van der Waals surface area contributed by atoms with Crippen molar-refractivity contribution in [3.63, 3.8) is 0 Å². The van der Waals surface area contributed by atoms with Crippen LogP contribution < -0.4 is 10.1 Å². The molecule has 160 valence electrons. The van der Waals surface area contributed by atoms with E-state index in [0.29, 0.717) is 17.2 Å². The Morgan fingerprint density at radius 2 is 1.71 bits per heavy atom. The van der Waals surface area contributed by atoms with Crippen molar-refractivity contribution in [3.05, 3.63) is 89.4 Å². The molecule has 31 heavy (non-hydrogen) atoms. The molecular formula is C26H27ClN2O2. The van der Waals surface area contributed by atoms with E-state index < -0.39 is 0 Å². The zero-order valence-electron chi connectivity index (χ0n) is 17.5. The van der Waals surface area contributed by atoms with Gasteiger partial charge in [-0.25, -0.2) is 0 Å². The average molecular weight is 435 g/mol. The molecule has 1 saturated heterocycles. The number of nitrogens with zero attached hydrogens (tertiary/aromatic N) is 1. The first kappa shape index (κ1) is 21.4. The average Bonchev–Trinajstić information content (AvgIpc) is 2.81. The van der Waals surface area contributed by atoms with E-state index in [1.165, 1.54) is 0 Å². The standard InChI is InChI=1S/C26H27ClN2O2/c27-22-10-6-9-21(19-22)26(30)28-23-13-15-29(16-14-23)17-18-31-25-12-5-4-11-24(25)20-7-2-1-3-8-20/h1-12,19,23H,13-18H2,(H,28,30). The van der Waals surface area contributed by atoms with E-state index in [1.54, 1.807) is 24.3 Å². The van der Waals surface area contributed by atoms with Gasteiger partial charge in [0.15, 0.2) is 0 Å². The summed E-state index contributed by atoms with van der Waals surface area (Å²) >= 11 is 5.99. The van der Waals surface area contributed by atoms with Crippen molar-refractivity contribution in [2.45, 2.75) is 18.9 Å². The molecule has 0 aliphatic carbocycles. The molecule has 4 rings (SSSR count). The molecule has 3 aromatic carbocycles. The first-order valence-corrected chi connectivity index (χ1v) is 11.1. The smallest absolute Gasteiger partial charge is 0.251 e. The molecule has 1 heterocycles. The molecule has 0 saturated carbocycles. The number of ether oxygens (including phenoxy) is 1. The van der Waals surface area contributed by atoms with Crippen molar-refractivity contribution in [3.8, 4) is 16.9 Å². The summed E-state index contributed by atoms with van der Waals surface area (Å²) in [7, 11) is 0. The molecular weight excluding hydrogens is 408 g/mol. The predicted molar refractivity (Wildman–Crippen MR) is 126 cm³/mol. The lowest BCUT2D eigenvalue weighted by atomic mass is 10.0. The van der Waals surface area contributed by atoms with Crippen LogP contribution in [0, 0.1) is 0 Å². The highest BCUT2D eigenvalue weighted by Crippen LogP contribution is 2.29. The maximum absolute atomic E-state index is 12.4. The van der Waals surface area contributed by atoms with Crippen molar-refractivity contribution in [2.75, 3.05) is 26.2 Å². The summed E-state index contributed by atoms with van der Waals surface area (Å²) in [4.78, 5) is 14.8. The van der Waals surface area contributed by atoms with E-state index in [0.717, 1.165) is 49.4 Å². The van der Waals surface area contributed by atoms with Gasteiger partial charge in [0.25, 0.3) is 5.91 Å². The number of likely N-dealkylation sites (tertiary alicyclic amines) is 1. The topological polar surface area (TPSA) is 41.6 Å². The van der Waals surface area contributed by atoms with Gasteiger partial charge in [-0.15, -0.1) is 0 Å². The van der Waals surface area contributed by atoms with Crippen LogP contribution in [0.2, 0.25) is 5.02 Å². The lowest BCUT2D eigenvalue weighted by Crippen LogP contribution is -2.45. The summed E-state index contributed by atoms with van der Waals surface area (Å²) in [5, 5.41) is 3.71. The largest absolute Gasteiger partial charge is 0.492 e. The molecule has 0 bridgehead atoms. The van der Waals surface area contributed by atoms with Gasteiger partial charge in [0.1, 0.15) is 12.4 Å². The van der Waals surface area contributed by atoms with E-state index >= 15 is 0 Å². The Hall–Kier alpha value is -2.82. The second kappa shape index (κ2) is 10.5. The Morgan fingerprint density at radius 1 is 0.968 bits per heavy atom. The number of nitrogens with one attached hydrogen (secondary N) is 1. The summed E-state index contributed by atoms with van der Waals surface area (Å²) < 4.78 is 6.13. The number of halogens is 1. The fraction of sp³-hybridized carbons (Fsp3) is 0.269. The van der Waals surface area contributed by atoms with Crippen molar-refractivity contribution in [1.82, 2.24) is 10.2 Å². The van der Waals surface area contributed by atoms with Crippen LogP contribution in [0.4, 0.5) is 0 Å². The second-order valence-corrected chi connectivity index (χ2v) is 8.25. The third-order valence-corrected chi connectivity index (χ3v) is 5.88. The van der Waals surface area contributed by atoms with E-state index in [2.05, 4.69) is 28.4 Å². The monoisotopic (exact) mass is 434 g/mol. The van der Waals surface area contributed by atoms with Gasteiger partial charge in [-0.1, -0.05) is 66.2 Å². The highest BCUT2D eigenvalue weighted by Gasteiger charge is 2.21.